The molecule has 0 aliphatic rings. The lowest BCUT2D eigenvalue weighted by Gasteiger charge is -2.20. The molecule has 3 aromatic rings. The molecule has 2 atom stereocenters. The van der Waals surface area contributed by atoms with Crippen molar-refractivity contribution < 1.29 is 9.50 Å². The van der Waals surface area contributed by atoms with Crippen LogP contribution in [0.4, 0.5) is 4.39 Å². The molecule has 168 valence electrons. The average Bonchev–Trinajstić information content (AvgIpc) is 3.23. The minimum absolute atomic E-state index is 0.127. The Morgan fingerprint density at radius 1 is 1.10 bits per heavy atom. The highest BCUT2D eigenvalue weighted by atomic mass is 35.5. The molecule has 0 bridgehead atoms. The number of benzene rings is 1. The third kappa shape index (κ3) is 7.09. The van der Waals surface area contributed by atoms with E-state index in [4.69, 9.17) is 11.6 Å². The number of aliphatic hydroxyl groups is 1. The SMILES string of the molecule is CCCC.CCNC(NC)c1sc(-c2ccnc(F)c2)cc1C(O)c1ccc(Cl)cc1. The zero-order valence-corrected chi connectivity index (χ0v) is 20.0. The number of hydrogen-bond donors (Lipinski definition) is 3. The zero-order valence-electron chi connectivity index (χ0n) is 18.5. The van der Waals surface area contributed by atoms with Crippen molar-refractivity contribution in [1.82, 2.24) is 15.6 Å². The molecule has 0 spiro atoms. The van der Waals surface area contributed by atoms with E-state index in [0.717, 1.165) is 33.0 Å². The molecule has 0 saturated heterocycles. The van der Waals surface area contributed by atoms with Gasteiger partial charge < -0.3 is 10.4 Å². The number of hydrogen-bond acceptors (Lipinski definition) is 5. The molecule has 1 aromatic carbocycles. The summed E-state index contributed by atoms with van der Waals surface area (Å²) in [7, 11) is 1.86. The fraction of sp³-hybridized carbons (Fsp3) is 0.375. The zero-order chi connectivity index (χ0) is 22.8. The summed E-state index contributed by atoms with van der Waals surface area (Å²) >= 11 is 7.48. The smallest absolute Gasteiger partial charge is 0.213 e. The number of pyridine rings is 1. The van der Waals surface area contributed by atoms with Gasteiger partial charge in [0.2, 0.25) is 5.95 Å². The maximum Gasteiger partial charge on any atom is 0.213 e. The van der Waals surface area contributed by atoms with Gasteiger partial charge in [-0.2, -0.15) is 4.39 Å². The van der Waals surface area contributed by atoms with E-state index in [1.54, 1.807) is 18.2 Å². The van der Waals surface area contributed by atoms with Crippen molar-refractivity contribution in [3.8, 4) is 10.4 Å². The van der Waals surface area contributed by atoms with Crippen molar-refractivity contribution >= 4 is 22.9 Å². The van der Waals surface area contributed by atoms with Crippen molar-refractivity contribution in [3.63, 3.8) is 0 Å². The van der Waals surface area contributed by atoms with Gasteiger partial charge >= 0.3 is 0 Å². The third-order valence-electron chi connectivity index (χ3n) is 4.74. The number of aliphatic hydroxyl groups excluding tert-OH is 1. The molecule has 0 aliphatic heterocycles. The summed E-state index contributed by atoms with van der Waals surface area (Å²) in [4.78, 5) is 5.44. The minimum Gasteiger partial charge on any atom is -0.384 e. The largest absolute Gasteiger partial charge is 0.384 e. The van der Waals surface area contributed by atoms with Crippen LogP contribution in [0.2, 0.25) is 5.02 Å². The molecule has 0 radical (unpaired) electrons. The van der Waals surface area contributed by atoms with Gasteiger partial charge in [0.15, 0.2) is 0 Å². The van der Waals surface area contributed by atoms with Gasteiger partial charge in [-0.05, 0) is 49.0 Å². The van der Waals surface area contributed by atoms with E-state index in [-0.39, 0.29) is 6.17 Å². The lowest BCUT2D eigenvalue weighted by molar-refractivity contribution is 0.218. The van der Waals surface area contributed by atoms with Gasteiger partial charge in [-0.1, -0.05) is 57.3 Å². The Labute approximate surface area is 193 Å². The number of nitrogens with zero attached hydrogens (tertiary/aromatic N) is 1. The van der Waals surface area contributed by atoms with Gasteiger partial charge in [-0.3, -0.25) is 5.32 Å². The molecule has 2 heterocycles. The highest BCUT2D eigenvalue weighted by Crippen LogP contribution is 2.39. The van der Waals surface area contributed by atoms with Crippen molar-refractivity contribution in [3.05, 3.63) is 75.6 Å². The molecular weight excluding hydrogens is 433 g/mol. The molecule has 0 saturated carbocycles. The van der Waals surface area contributed by atoms with Crippen LogP contribution in [0.3, 0.4) is 0 Å². The minimum atomic E-state index is -0.816. The number of halogens is 2. The van der Waals surface area contributed by atoms with Crippen molar-refractivity contribution in [2.45, 2.75) is 45.9 Å². The van der Waals surface area contributed by atoms with Crippen molar-refractivity contribution in [2.75, 3.05) is 13.6 Å². The van der Waals surface area contributed by atoms with Gasteiger partial charge in [-0.25, -0.2) is 4.98 Å². The first-order valence-corrected chi connectivity index (χ1v) is 11.7. The van der Waals surface area contributed by atoms with Crippen LogP contribution in [-0.4, -0.2) is 23.7 Å². The molecule has 2 aromatic heterocycles. The molecular formula is C24H31ClFN3OS. The summed E-state index contributed by atoms with van der Waals surface area (Å²) in [5.41, 5.74) is 2.25. The van der Waals surface area contributed by atoms with Crippen LogP contribution in [0, 0.1) is 5.95 Å². The van der Waals surface area contributed by atoms with Crippen molar-refractivity contribution in [2.24, 2.45) is 0 Å². The number of unbranched alkanes of at least 4 members (excludes halogenated alkanes) is 1. The predicted molar refractivity (Wildman–Crippen MR) is 129 cm³/mol. The first-order chi connectivity index (χ1) is 14.9. The van der Waals surface area contributed by atoms with E-state index < -0.39 is 12.1 Å². The van der Waals surface area contributed by atoms with E-state index in [1.165, 1.54) is 36.4 Å². The van der Waals surface area contributed by atoms with Crippen LogP contribution in [-0.2, 0) is 0 Å². The Morgan fingerprint density at radius 3 is 2.32 bits per heavy atom. The first-order valence-electron chi connectivity index (χ1n) is 10.5. The standard InChI is InChI=1S/C20H21ClFN3OS.C4H10/c1-3-24-20(23-2)19-15(18(26)12-4-6-14(21)7-5-12)11-16(27-19)13-8-9-25-17(22)10-13;1-3-4-2/h4-11,18,20,23-24,26H,3H2,1-2H3;3-4H2,1-2H3. The fourth-order valence-electron chi connectivity index (χ4n) is 2.91. The van der Waals surface area contributed by atoms with Gasteiger partial charge in [0.05, 0.1) is 6.17 Å². The molecule has 3 N–H and O–H groups in total. The molecule has 3 rings (SSSR count). The molecule has 0 fully saturated rings. The summed E-state index contributed by atoms with van der Waals surface area (Å²) in [6.45, 7) is 7.14. The van der Waals surface area contributed by atoms with Crippen LogP contribution in [0.1, 0.15) is 61.9 Å². The Kier molecular flexibility index (Phi) is 10.6. The van der Waals surface area contributed by atoms with Crippen LogP contribution < -0.4 is 10.6 Å². The van der Waals surface area contributed by atoms with E-state index >= 15 is 0 Å². The number of nitrogens with one attached hydrogen (secondary N) is 2. The lowest BCUT2D eigenvalue weighted by Crippen LogP contribution is -2.31. The Morgan fingerprint density at radius 2 is 1.77 bits per heavy atom. The molecule has 2 unspecified atom stereocenters. The summed E-state index contributed by atoms with van der Waals surface area (Å²) in [6.07, 6.45) is 3.14. The molecule has 0 aliphatic carbocycles. The normalized spacial score (nSPS) is 12.7. The predicted octanol–water partition coefficient (Wildman–Crippen LogP) is 6.32. The molecule has 7 heteroatoms. The summed E-state index contributed by atoms with van der Waals surface area (Å²) < 4.78 is 13.6. The van der Waals surface area contributed by atoms with Gasteiger partial charge in [0, 0.05) is 32.6 Å². The third-order valence-corrected chi connectivity index (χ3v) is 6.26. The van der Waals surface area contributed by atoms with E-state index in [0.29, 0.717) is 5.02 Å². The number of aromatic nitrogens is 1. The molecule has 4 nitrogen and oxygen atoms in total. The first kappa shape index (κ1) is 25.4. The van der Waals surface area contributed by atoms with Crippen LogP contribution in [0.25, 0.3) is 10.4 Å². The topological polar surface area (TPSA) is 57.2 Å². The highest BCUT2D eigenvalue weighted by Gasteiger charge is 2.23. The van der Waals surface area contributed by atoms with Crippen LogP contribution in [0.15, 0.2) is 48.7 Å². The quantitative estimate of drug-likeness (QED) is 0.270. The lowest BCUT2D eigenvalue weighted by atomic mass is 10.00. The van der Waals surface area contributed by atoms with Crippen LogP contribution in [0.5, 0.6) is 0 Å². The van der Waals surface area contributed by atoms with Crippen LogP contribution >= 0.6 is 22.9 Å². The molecule has 0 amide bonds. The number of rotatable bonds is 8. The summed E-state index contributed by atoms with van der Waals surface area (Å²) in [5, 5.41) is 18.2. The number of thiophene rings is 1. The second-order valence-electron chi connectivity index (χ2n) is 7.03. The van der Waals surface area contributed by atoms with E-state index in [1.807, 2.05) is 32.2 Å². The monoisotopic (exact) mass is 463 g/mol. The molecule has 31 heavy (non-hydrogen) atoms. The van der Waals surface area contributed by atoms with Gasteiger partial charge in [0.1, 0.15) is 6.10 Å². The Bertz CT molecular complexity index is 931. The fourth-order valence-corrected chi connectivity index (χ4v) is 4.31. The summed E-state index contributed by atoms with van der Waals surface area (Å²) in [6, 6.07) is 12.2. The Hall–Kier alpha value is -1.83. The summed E-state index contributed by atoms with van der Waals surface area (Å²) in [5.74, 6) is -0.529. The van der Waals surface area contributed by atoms with E-state index in [9.17, 15) is 9.50 Å². The van der Waals surface area contributed by atoms with Crippen molar-refractivity contribution in [1.29, 1.82) is 0 Å². The maximum atomic E-state index is 13.6. The average molecular weight is 464 g/mol. The highest BCUT2D eigenvalue weighted by molar-refractivity contribution is 7.15. The second-order valence-corrected chi connectivity index (χ2v) is 8.55. The van der Waals surface area contributed by atoms with E-state index in [2.05, 4.69) is 29.5 Å². The van der Waals surface area contributed by atoms with Gasteiger partial charge in [0.25, 0.3) is 0 Å². The van der Waals surface area contributed by atoms with Gasteiger partial charge in [-0.15, -0.1) is 11.3 Å². The Balaban J connectivity index is 0.000000785. The maximum absolute atomic E-state index is 13.6. The second kappa shape index (κ2) is 12.9.